The first kappa shape index (κ1) is 6.96. The zero-order chi connectivity index (χ0) is 6.85. The number of aliphatic hydroxyl groups is 1. The number of halogens is 1. The van der Waals surface area contributed by atoms with Crippen LogP contribution >= 0.6 is 0 Å². The van der Waals surface area contributed by atoms with Crippen LogP contribution in [0.5, 0.6) is 0 Å². The van der Waals surface area contributed by atoms with Crippen molar-refractivity contribution in [2.24, 2.45) is 5.73 Å². The molecule has 54 valence electrons. The minimum absolute atomic E-state index is 0.369. The van der Waals surface area contributed by atoms with Gasteiger partial charge in [-0.05, 0) is 19.3 Å². The number of rotatable bonds is 0. The Kier molecular flexibility index (Phi) is 2.03. The lowest BCUT2D eigenvalue weighted by Gasteiger charge is -2.25. The minimum atomic E-state index is -0.895. The Labute approximate surface area is 53.9 Å². The van der Waals surface area contributed by atoms with E-state index in [-0.39, 0.29) is 6.10 Å². The van der Waals surface area contributed by atoms with Gasteiger partial charge in [-0.1, -0.05) is 0 Å². The molecule has 0 radical (unpaired) electrons. The zero-order valence-electron chi connectivity index (χ0n) is 5.26. The van der Waals surface area contributed by atoms with Gasteiger partial charge in [-0.3, -0.25) is 0 Å². The first-order valence-electron chi connectivity index (χ1n) is 3.28. The number of aliphatic hydroxyl groups excluding tert-OH is 1. The Morgan fingerprint density at radius 2 is 2.11 bits per heavy atom. The summed E-state index contributed by atoms with van der Waals surface area (Å²) >= 11 is 0. The number of hydrogen-bond donors (Lipinski definition) is 2. The summed E-state index contributed by atoms with van der Waals surface area (Å²) in [5.74, 6) is 0. The first-order valence-corrected chi connectivity index (χ1v) is 3.28. The van der Waals surface area contributed by atoms with Gasteiger partial charge in [0.25, 0.3) is 0 Å². The number of nitrogens with two attached hydrogens (primary N) is 1. The summed E-state index contributed by atoms with van der Waals surface area (Å²) in [5.41, 5.74) is 5.33. The third-order valence-electron chi connectivity index (χ3n) is 1.78. The lowest BCUT2D eigenvalue weighted by atomic mass is 9.92. The molecule has 1 fully saturated rings. The van der Waals surface area contributed by atoms with Crippen LogP contribution in [0.1, 0.15) is 19.3 Å². The molecule has 0 aromatic heterocycles. The van der Waals surface area contributed by atoms with Gasteiger partial charge < -0.3 is 10.8 Å². The van der Waals surface area contributed by atoms with Crippen LogP contribution in [0, 0.1) is 0 Å². The molecular formula is C6H12FNO. The Morgan fingerprint density at radius 3 is 2.56 bits per heavy atom. The van der Waals surface area contributed by atoms with E-state index in [9.17, 15) is 4.39 Å². The second-order valence-electron chi connectivity index (χ2n) is 2.65. The van der Waals surface area contributed by atoms with E-state index < -0.39 is 12.2 Å². The van der Waals surface area contributed by atoms with Gasteiger partial charge >= 0.3 is 0 Å². The van der Waals surface area contributed by atoms with E-state index in [0.717, 1.165) is 0 Å². The van der Waals surface area contributed by atoms with Crippen molar-refractivity contribution in [1.82, 2.24) is 0 Å². The van der Waals surface area contributed by atoms with Crippen molar-refractivity contribution < 1.29 is 9.50 Å². The highest BCUT2D eigenvalue weighted by atomic mass is 19.1. The van der Waals surface area contributed by atoms with Gasteiger partial charge in [-0.25, -0.2) is 4.39 Å². The fourth-order valence-corrected chi connectivity index (χ4v) is 1.15. The van der Waals surface area contributed by atoms with Gasteiger partial charge in [0.1, 0.15) is 6.17 Å². The molecule has 2 nitrogen and oxygen atoms in total. The molecule has 0 bridgehead atoms. The molecule has 1 rings (SSSR count). The van der Waals surface area contributed by atoms with Crippen LogP contribution in [0.2, 0.25) is 0 Å². The molecule has 3 N–H and O–H groups in total. The maximum atomic E-state index is 12.5. The standard InChI is InChI=1S/C6H12FNO/c7-5-2-1-4(9)3-6(5)8/h4-6,9H,1-3,8H2/t4-,5+,6+/m1/s1. The summed E-state index contributed by atoms with van der Waals surface area (Å²) < 4.78 is 12.5. The van der Waals surface area contributed by atoms with Crippen molar-refractivity contribution in [3.8, 4) is 0 Å². The Morgan fingerprint density at radius 1 is 1.44 bits per heavy atom. The largest absolute Gasteiger partial charge is 0.393 e. The van der Waals surface area contributed by atoms with Crippen molar-refractivity contribution in [2.75, 3.05) is 0 Å². The SMILES string of the molecule is N[C@H]1C[C@H](O)CC[C@@H]1F. The van der Waals surface area contributed by atoms with Gasteiger partial charge in [0.05, 0.1) is 6.10 Å². The Balaban J connectivity index is 2.35. The summed E-state index contributed by atoms with van der Waals surface area (Å²) in [4.78, 5) is 0. The highest BCUT2D eigenvalue weighted by molar-refractivity contribution is 4.81. The van der Waals surface area contributed by atoms with Crippen molar-refractivity contribution in [3.63, 3.8) is 0 Å². The molecule has 0 heterocycles. The van der Waals surface area contributed by atoms with Gasteiger partial charge in [-0.15, -0.1) is 0 Å². The van der Waals surface area contributed by atoms with Crippen molar-refractivity contribution in [3.05, 3.63) is 0 Å². The van der Waals surface area contributed by atoms with Crippen molar-refractivity contribution >= 4 is 0 Å². The minimum Gasteiger partial charge on any atom is -0.393 e. The topological polar surface area (TPSA) is 46.2 Å². The van der Waals surface area contributed by atoms with Crippen molar-refractivity contribution in [1.29, 1.82) is 0 Å². The summed E-state index contributed by atoms with van der Waals surface area (Å²) in [6.45, 7) is 0. The predicted molar refractivity (Wildman–Crippen MR) is 32.7 cm³/mol. The molecule has 0 saturated heterocycles. The number of hydrogen-bond acceptors (Lipinski definition) is 2. The average Bonchev–Trinajstić information content (AvgIpc) is 1.80. The molecule has 0 aromatic carbocycles. The molecule has 0 spiro atoms. The smallest absolute Gasteiger partial charge is 0.115 e. The second kappa shape index (κ2) is 2.62. The van der Waals surface area contributed by atoms with E-state index in [2.05, 4.69) is 0 Å². The average molecular weight is 133 g/mol. The highest BCUT2D eigenvalue weighted by Gasteiger charge is 2.25. The maximum absolute atomic E-state index is 12.5. The monoisotopic (exact) mass is 133 g/mol. The van der Waals surface area contributed by atoms with Crippen LogP contribution < -0.4 is 5.73 Å². The van der Waals surface area contributed by atoms with Crippen LogP contribution in [-0.2, 0) is 0 Å². The third-order valence-corrected chi connectivity index (χ3v) is 1.78. The van der Waals surface area contributed by atoms with Crippen LogP contribution in [0.3, 0.4) is 0 Å². The van der Waals surface area contributed by atoms with Crippen molar-refractivity contribution in [2.45, 2.75) is 37.6 Å². The first-order chi connectivity index (χ1) is 4.20. The summed E-state index contributed by atoms with van der Waals surface area (Å²) in [6, 6.07) is -0.436. The molecule has 3 heteroatoms. The van der Waals surface area contributed by atoms with E-state index in [1.165, 1.54) is 0 Å². The van der Waals surface area contributed by atoms with E-state index in [4.69, 9.17) is 10.8 Å². The number of alkyl halides is 1. The maximum Gasteiger partial charge on any atom is 0.115 e. The molecule has 9 heavy (non-hydrogen) atoms. The fraction of sp³-hybridized carbons (Fsp3) is 1.00. The molecule has 1 saturated carbocycles. The molecular weight excluding hydrogens is 121 g/mol. The molecule has 1 aliphatic carbocycles. The van der Waals surface area contributed by atoms with Crippen LogP contribution in [-0.4, -0.2) is 23.4 Å². The third kappa shape index (κ3) is 1.63. The fourth-order valence-electron chi connectivity index (χ4n) is 1.15. The summed E-state index contributed by atoms with van der Waals surface area (Å²) in [7, 11) is 0. The van der Waals surface area contributed by atoms with Crippen LogP contribution in [0.25, 0.3) is 0 Å². The summed E-state index contributed by atoms with van der Waals surface area (Å²) in [6.07, 6.45) is 0.138. The van der Waals surface area contributed by atoms with Crippen LogP contribution in [0.15, 0.2) is 0 Å². The van der Waals surface area contributed by atoms with E-state index in [0.29, 0.717) is 19.3 Å². The molecule has 0 unspecified atom stereocenters. The van der Waals surface area contributed by atoms with Crippen LogP contribution in [0.4, 0.5) is 4.39 Å². The summed E-state index contributed by atoms with van der Waals surface area (Å²) in [5, 5.41) is 8.95. The molecule has 1 aliphatic rings. The van der Waals surface area contributed by atoms with Gasteiger partial charge in [0.15, 0.2) is 0 Å². The lowest BCUT2D eigenvalue weighted by molar-refractivity contribution is 0.0794. The van der Waals surface area contributed by atoms with Gasteiger partial charge in [-0.2, -0.15) is 0 Å². The normalized spacial score (nSPS) is 45.0. The van der Waals surface area contributed by atoms with Gasteiger partial charge in [0, 0.05) is 6.04 Å². The Bertz CT molecular complexity index is 99.1. The predicted octanol–water partition coefficient (Wildman–Crippen LogP) is 0.197. The van der Waals surface area contributed by atoms with Gasteiger partial charge in [0.2, 0.25) is 0 Å². The molecule has 0 amide bonds. The lowest BCUT2D eigenvalue weighted by Crippen LogP contribution is -2.39. The highest BCUT2D eigenvalue weighted by Crippen LogP contribution is 2.19. The quantitative estimate of drug-likeness (QED) is 0.495. The Hall–Kier alpha value is -0.150. The molecule has 0 aliphatic heterocycles. The molecule has 0 aromatic rings. The molecule has 3 atom stereocenters. The van der Waals surface area contributed by atoms with E-state index in [1.807, 2.05) is 0 Å². The zero-order valence-corrected chi connectivity index (χ0v) is 5.26. The van der Waals surface area contributed by atoms with E-state index >= 15 is 0 Å². The second-order valence-corrected chi connectivity index (χ2v) is 2.65. The van der Waals surface area contributed by atoms with E-state index in [1.54, 1.807) is 0 Å².